The zero-order valence-electron chi connectivity index (χ0n) is 13.3. The summed E-state index contributed by atoms with van der Waals surface area (Å²) in [7, 11) is 0. The van der Waals surface area contributed by atoms with Crippen LogP contribution in [0.15, 0.2) is 42.5 Å². The molecule has 0 fully saturated rings. The fourth-order valence-corrected chi connectivity index (χ4v) is 2.11. The van der Waals surface area contributed by atoms with Crippen LogP contribution < -0.4 is 14.8 Å². The SMILES string of the molecule is Cc1ccc(OCCNC(=O)COc2ccccc2Cl)cc1C. The molecule has 0 radical (unpaired) electrons. The Morgan fingerprint density at radius 3 is 2.61 bits per heavy atom. The monoisotopic (exact) mass is 333 g/mol. The van der Waals surface area contributed by atoms with Crippen LogP contribution in [-0.2, 0) is 4.79 Å². The molecule has 0 bridgehead atoms. The molecule has 0 atom stereocenters. The van der Waals surface area contributed by atoms with Gasteiger partial charge in [0.2, 0.25) is 0 Å². The average Bonchev–Trinajstić information content (AvgIpc) is 2.54. The summed E-state index contributed by atoms with van der Waals surface area (Å²) in [4.78, 5) is 11.7. The molecule has 1 amide bonds. The van der Waals surface area contributed by atoms with E-state index in [0.29, 0.717) is 23.9 Å². The van der Waals surface area contributed by atoms with Crippen molar-refractivity contribution in [3.63, 3.8) is 0 Å². The van der Waals surface area contributed by atoms with E-state index >= 15 is 0 Å². The number of nitrogens with one attached hydrogen (secondary N) is 1. The number of carbonyl (C=O) groups excluding carboxylic acids is 1. The molecular formula is C18H20ClNO3. The normalized spacial score (nSPS) is 10.2. The number of benzene rings is 2. The van der Waals surface area contributed by atoms with Gasteiger partial charge in [-0.15, -0.1) is 0 Å². The lowest BCUT2D eigenvalue weighted by molar-refractivity contribution is -0.123. The third-order valence-corrected chi connectivity index (χ3v) is 3.68. The highest BCUT2D eigenvalue weighted by Gasteiger charge is 2.05. The predicted molar refractivity (Wildman–Crippen MR) is 91.4 cm³/mol. The minimum absolute atomic E-state index is 0.0760. The van der Waals surface area contributed by atoms with Crippen molar-refractivity contribution in [1.29, 1.82) is 0 Å². The molecule has 0 aromatic heterocycles. The first-order chi connectivity index (χ1) is 11.1. The summed E-state index contributed by atoms with van der Waals surface area (Å²) in [6.45, 7) is 4.83. The lowest BCUT2D eigenvalue weighted by atomic mass is 10.1. The molecule has 23 heavy (non-hydrogen) atoms. The van der Waals surface area contributed by atoms with E-state index in [1.54, 1.807) is 24.3 Å². The quantitative estimate of drug-likeness (QED) is 0.788. The number of hydrogen-bond donors (Lipinski definition) is 1. The van der Waals surface area contributed by atoms with E-state index in [2.05, 4.69) is 12.2 Å². The maximum atomic E-state index is 11.7. The van der Waals surface area contributed by atoms with Crippen LogP contribution in [0.4, 0.5) is 0 Å². The van der Waals surface area contributed by atoms with E-state index in [-0.39, 0.29) is 12.5 Å². The predicted octanol–water partition coefficient (Wildman–Crippen LogP) is 3.53. The molecule has 0 unspecified atom stereocenters. The molecule has 0 aliphatic carbocycles. The Bertz CT molecular complexity index is 673. The fraction of sp³-hybridized carbons (Fsp3) is 0.278. The summed E-state index contributed by atoms with van der Waals surface area (Å²) < 4.78 is 11.0. The van der Waals surface area contributed by atoms with Crippen LogP contribution in [0.5, 0.6) is 11.5 Å². The maximum absolute atomic E-state index is 11.7. The summed E-state index contributed by atoms with van der Waals surface area (Å²) in [6, 6.07) is 13.0. The second kappa shape index (κ2) is 8.44. The van der Waals surface area contributed by atoms with Gasteiger partial charge in [-0.3, -0.25) is 4.79 Å². The van der Waals surface area contributed by atoms with E-state index in [0.717, 1.165) is 5.75 Å². The van der Waals surface area contributed by atoms with Crippen LogP contribution >= 0.6 is 11.6 Å². The van der Waals surface area contributed by atoms with E-state index in [1.165, 1.54) is 11.1 Å². The van der Waals surface area contributed by atoms with E-state index in [4.69, 9.17) is 21.1 Å². The smallest absolute Gasteiger partial charge is 0.258 e. The molecule has 122 valence electrons. The number of carbonyl (C=O) groups is 1. The highest BCUT2D eigenvalue weighted by atomic mass is 35.5. The van der Waals surface area contributed by atoms with Gasteiger partial charge in [0.1, 0.15) is 18.1 Å². The molecule has 0 heterocycles. The first-order valence-electron chi connectivity index (χ1n) is 7.40. The third-order valence-electron chi connectivity index (χ3n) is 3.37. The molecule has 2 rings (SSSR count). The van der Waals surface area contributed by atoms with Gasteiger partial charge in [-0.05, 0) is 49.2 Å². The van der Waals surface area contributed by atoms with E-state index in [1.807, 2.05) is 25.1 Å². The average molecular weight is 334 g/mol. The number of amides is 1. The minimum Gasteiger partial charge on any atom is -0.492 e. The number of rotatable bonds is 7. The second-order valence-corrected chi connectivity index (χ2v) is 5.57. The Kier molecular flexibility index (Phi) is 6.29. The summed E-state index contributed by atoms with van der Waals surface area (Å²) in [5, 5.41) is 3.22. The van der Waals surface area contributed by atoms with Gasteiger partial charge < -0.3 is 14.8 Å². The summed E-state index contributed by atoms with van der Waals surface area (Å²) in [5.41, 5.74) is 2.40. The molecule has 2 aromatic carbocycles. The van der Waals surface area contributed by atoms with Crippen LogP contribution in [0, 0.1) is 13.8 Å². The number of halogens is 1. The van der Waals surface area contributed by atoms with Crippen molar-refractivity contribution in [3.05, 3.63) is 58.6 Å². The van der Waals surface area contributed by atoms with Crippen molar-refractivity contribution in [2.45, 2.75) is 13.8 Å². The Morgan fingerprint density at radius 2 is 1.87 bits per heavy atom. The van der Waals surface area contributed by atoms with E-state index in [9.17, 15) is 4.79 Å². The Hall–Kier alpha value is -2.20. The number of aryl methyl sites for hydroxylation is 2. The van der Waals surface area contributed by atoms with Gasteiger partial charge in [-0.1, -0.05) is 29.8 Å². The molecule has 1 N–H and O–H groups in total. The Balaban J connectivity index is 1.67. The van der Waals surface area contributed by atoms with Crippen LogP contribution in [-0.4, -0.2) is 25.7 Å². The Labute approximate surface area is 141 Å². The van der Waals surface area contributed by atoms with Gasteiger partial charge >= 0.3 is 0 Å². The molecule has 0 aliphatic heterocycles. The molecular weight excluding hydrogens is 314 g/mol. The van der Waals surface area contributed by atoms with Crippen molar-refractivity contribution in [2.75, 3.05) is 19.8 Å². The number of ether oxygens (including phenoxy) is 2. The van der Waals surface area contributed by atoms with Crippen molar-refractivity contribution < 1.29 is 14.3 Å². The van der Waals surface area contributed by atoms with Crippen LogP contribution in [0.1, 0.15) is 11.1 Å². The van der Waals surface area contributed by atoms with Crippen LogP contribution in [0.2, 0.25) is 5.02 Å². The lowest BCUT2D eigenvalue weighted by Crippen LogP contribution is -2.32. The van der Waals surface area contributed by atoms with Crippen molar-refractivity contribution in [3.8, 4) is 11.5 Å². The van der Waals surface area contributed by atoms with Gasteiger partial charge in [-0.2, -0.15) is 0 Å². The molecule has 0 saturated carbocycles. The van der Waals surface area contributed by atoms with Gasteiger partial charge in [0.05, 0.1) is 11.6 Å². The van der Waals surface area contributed by atoms with Crippen LogP contribution in [0.3, 0.4) is 0 Å². The number of hydrogen-bond acceptors (Lipinski definition) is 3. The first-order valence-corrected chi connectivity index (χ1v) is 7.78. The summed E-state index contributed by atoms with van der Waals surface area (Å²) >= 11 is 5.95. The first kappa shape index (κ1) is 17.2. The second-order valence-electron chi connectivity index (χ2n) is 5.16. The topological polar surface area (TPSA) is 47.6 Å². The van der Waals surface area contributed by atoms with Crippen molar-refractivity contribution in [2.24, 2.45) is 0 Å². The maximum Gasteiger partial charge on any atom is 0.258 e. The zero-order valence-corrected chi connectivity index (χ0v) is 14.0. The third kappa shape index (κ3) is 5.49. The van der Waals surface area contributed by atoms with Crippen molar-refractivity contribution >= 4 is 17.5 Å². The van der Waals surface area contributed by atoms with Crippen LogP contribution in [0.25, 0.3) is 0 Å². The summed E-state index contributed by atoms with van der Waals surface area (Å²) in [6.07, 6.45) is 0. The van der Waals surface area contributed by atoms with Gasteiger partial charge in [-0.25, -0.2) is 0 Å². The zero-order chi connectivity index (χ0) is 16.7. The van der Waals surface area contributed by atoms with Gasteiger partial charge in [0, 0.05) is 0 Å². The Morgan fingerprint density at radius 1 is 1.09 bits per heavy atom. The highest BCUT2D eigenvalue weighted by Crippen LogP contribution is 2.22. The van der Waals surface area contributed by atoms with E-state index < -0.39 is 0 Å². The molecule has 4 nitrogen and oxygen atoms in total. The molecule has 5 heteroatoms. The fourth-order valence-electron chi connectivity index (χ4n) is 1.92. The standard InChI is InChI=1S/C18H20ClNO3/c1-13-7-8-15(11-14(13)2)22-10-9-20-18(21)12-23-17-6-4-3-5-16(17)19/h3-8,11H,9-10,12H2,1-2H3,(H,20,21). The molecule has 0 saturated heterocycles. The van der Waals surface area contributed by atoms with Gasteiger partial charge in [0.15, 0.2) is 6.61 Å². The summed E-state index contributed by atoms with van der Waals surface area (Å²) in [5.74, 6) is 1.08. The molecule has 0 aliphatic rings. The number of para-hydroxylation sites is 1. The van der Waals surface area contributed by atoms with Gasteiger partial charge in [0.25, 0.3) is 5.91 Å². The minimum atomic E-state index is -0.214. The molecule has 0 spiro atoms. The highest BCUT2D eigenvalue weighted by molar-refractivity contribution is 6.32. The molecule has 2 aromatic rings. The van der Waals surface area contributed by atoms with Crippen molar-refractivity contribution in [1.82, 2.24) is 5.32 Å². The lowest BCUT2D eigenvalue weighted by Gasteiger charge is -2.10. The largest absolute Gasteiger partial charge is 0.492 e.